The number of nitrogens with one attached hydrogen (secondary N) is 1. The van der Waals surface area contributed by atoms with Gasteiger partial charge in [0.25, 0.3) is 0 Å². The summed E-state index contributed by atoms with van der Waals surface area (Å²) in [6, 6.07) is 17.0. The van der Waals surface area contributed by atoms with Crippen LogP contribution in [0.3, 0.4) is 0 Å². The van der Waals surface area contributed by atoms with E-state index in [4.69, 9.17) is 0 Å². The molecule has 0 aliphatic heterocycles. The van der Waals surface area contributed by atoms with Crippen LogP contribution in [-0.2, 0) is 13.1 Å². The van der Waals surface area contributed by atoms with E-state index in [-0.39, 0.29) is 0 Å². The first-order valence-corrected chi connectivity index (χ1v) is 6.84. The summed E-state index contributed by atoms with van der Waals surface area (Å²) in [6.07, 6.45) is 0. The highest BCUT2D eigenvalue weighted by Crippen LogP contribution is 2.16. The molecule has 0 radical (unpaired) electrons. The molecular weight excluding hydrogens is 321 g/mol. The van der Waals surface area contributed by atoms with Crippen molar-refractivity contribution in [3.63, 3.8) is 0 Å². The summed E-state index contributed by atoms with van der Waals surface area (Å²) in [5.74, 6) is 0. The lowest BCUT2D eigenvalue weighted by Crippen LogP contribution is -2.13. The van der Waals surface area contributed by atoms with Gasteiger partial charge in [-0.2, -0.15) is 0 Å². The maximum absolute atomic E-state index is 3.48. The molecule has 0 heterocycles. The van der Waals surface area contributed by atoms with Crippen LogP contribution in [-0.4, -0.2) is 0 Å². The van der Waals surface area contributed by atoms with Crippen LogP contribution in [0.2, 0.25) is 0 Å². The molecule has 0 saturated carbocycles. The molecule has 2 rings (SSSR count). The Labute approximate surface area is 116 Å². The second-order valence-electron chi connectivity index (χ2n) is 4.14. The first kappa shape index (κ1) is 12.6. The molecule has 2 aromatic carbocycles. The fraction of sp³-hybridized carbons (Fsp3) is 0.200. The second kappa shape index (κ2) is 6.17. The lowest BCUT2D eigenvalue weighted by Gasteiger charge is -2.08. The van der Waals surface area contributed by atoms with Crippen LogP contribution in [0.15, 0.2) is 48.5 Å². The molecule has 2 aromatic rings. The third kappa shape index (κ3) is 3.54. The van der Waals surface area contributed by atoms with Gasteiger partial charge in [-0.3, -0.25) is 0 Å². The van der Waals surface area contributed by atoms with Gasteiger partial charge < -0.3 is 5.32 Å². The molecule has 2 heteroatoms. The summed E-state index contributed by atoms with van der Waals surface area (Å²) in [5, 5.41) is 3.48. The highest BCUT2D eigenvalue weighted by Gasteiger charge is 2.01. The molecule has 0 atom stereocenters. The zero-order chi connectivity index (χ0) is 12.1. The van der Waals surface area contributed by atoms with Crippen molar-refractivity contribution in [1.29, 1.82) is 0 Å². The van der Waals surface area contributed by atoms with Crippen LogP contribution in [0.4, 0.5) is 0 Å². The van der Waals surface area contributed by atoms with Crippen molar-refractivity contribution < 1.29 is 0 Å². The van der Waals surface area contributed by atoms with Gasteiger partial charge in [0.2, 0.25) is 0 Å². The number of hydrogen-bond donors (Lipinski definition) is 1. The van der Waals surface area contributed by atoms with E-state index in [1.807, 2.05) is 6.07 Å². The topological polar surface area (TPSA) is 12.0 Å². The third-order valence-corrected chi connectivity index (χ3v) is 4.30. The second-order valence-corrected chi connectivity index (χ2v) is 5.22. The van der Waals surface area contributed by atoms with Crippen LogP contribution in [0.25, 0.3) is 0 Å². The van der Waals surface area contributed by atoms with Gasteiger partial charge in [-0.25, -0.2) is 0 Å². The van der Waals surface area contributed by atoms with Crippen LogP contribution >= 0.6 is 22.6 Å². The molecule has 88 valence electrons. The average Bonchev–Trinajstić information content (AvgIpc) is 2.36. The molecular formula is C15H16IN. The number of hydrogen-bond acceptors (Lipinski definition) is 1. The maximum Gasteiger partial charge on any atom is 0.0219 e. The standard InChI is InChI=1S/C15H16IN/c1-12-6-5-9-14(15(12)16)11-17-10-13-7-3-2-4-8-13/h2-9,17H,10-11H2,1H3. The van der Waals surface area contributed by atoms with Crippen LogP contribution in [0.1, 0.15) is 16.7 Å². The Morgan fingerprint density at radius 3 is 2.47 bits per heavy atom. The molecule has 0 unspecified atom stereocenters. The molecule has 0 aromatic heterocycles. The molecule has 0 fully saturated rings. The Hall–Kier alpha value is -0.870. The highest BCUT2D eigenvalue weighted by molar-refractivity contribution is 14.1. The normalized spacial score (nSPS) is 10.5. The monoisotopic (exact) mass is 337 g/mol. The van der Waals surface area contributed by atoms with Gasteiger partial charge >= 0.3 is 0 Å². The fourth-order valence-electron chi connectivity index (χ4n) is 1.78. The Morgan fingerprint density at radius 2 is 1.71 bits per heavy atom. The van der Waals surface area contributed by atoms with E-state index in [0.29, 0.717) is 0 Å². The molecule has 1 N–H and O–H groups in total. The zero-order valence-corrected chi connectivity index (χ0v) is 12.1. The number of aryl methyl sites for hydroxylation is 1. The van der Waals surface area contributed by atoms with Gasteiger partial charge in [-0.15, -0.1) is 0 Å². The summed E-state index contributed by atoms with van der Waals surface area (Å²) in [6.45, 7) is 4.00. The van der Waals surface area contributed by atoms with E-state index in [1.165, 1.54) is 20.3 Å². The van der Waals surface area contributed by atoms with Crippen LogP contribution in [0, 0.1) is 10.5 Å². The van der Waals surface area contributed by atoms with E-state index in [2.05, 4.69) is 77.3 Å². The third-order valence-electron chi connectivity index (χ3n) is 2.76. The minimum Gasteiger partial charge on any atom is -0.309 e. The largest absolute Gasteiger partial charge is 0.309 e. The van der Waals surface area contributed by atoms with Crippen molar-refractivity contribution in [2.75, 3.05) is 0 Å². The fourth-order valence-corrected chi connectivity index (χ4v) is 2.33. The quantitative estimate of drug-likeness (QED) is 0.835. The van der Waals surface area contributed by atoms with Gasteiger partial charge in [-0.1, -0.05) is 48.5 Å². The minimum absolute atomic E-state index is 0.921. The van der Waals surface area contributed by atoms with Crippen molar-refractivity contribution in [3.05, 3.63) is 68.8 Å². The molecule has 0 amide bonds. The van der Waals surface area contributed by atoms with E-state index in [1.54, 1.807) is 0 Å². The SMILES string of the molecule is Cc1cccc(CNCc2ccccc2)c1I. The minimum atomic E-state index is 0.921. The Kier molecular flexibility index (Phi) is 4.57. The summed E-state index contributed by atoms with van der Waals surface area (Å²) in [4.78, 5) is 0. The Bertz CT molecular complexity index is 480. The maximum atomic E-state index is 3.48. The number of halogens is 1. The molecule has 0 saturated heterocycles. The van der Waals surface area contributed by atoms with Crippen LogP contribution in [0.5, 0.6) is 0 Å². The first-order chi connectivity index (χ1) is 8.27. The zero-order valence-electron chi connectivity index (χ0n) is 9.91. The van der Waals surface area contributed by atoms with Crippen molar-refractivity contribution in [1.82, 2.24) is 5.32 Å². The lowest BCUT2D eigenvalue weighted by atomic mass is 10.1. The summed E-state index contributed by atoms with van der Waals surface area (Å²) >= 11 is 2.42. The summed E-state index contributed by atoms with van der Waals surface area (Å²) < 4.78 is 1.37. The van der Waals surface area contributed by atoms with E-state index < -0.39 is 0 Å². The van der Waals surface area contributed by atoms with Gasteiger partial charge in [0.05, 0.1) is 0 Å². The van der Waals surface area contributed by atoms with E-state index >= 15 is 0 Å². The first-order valence-electron chi connectivity index (χ1n) is 5.76. The van der Waals surface area contributed by atoms with Gasteiger partial charge in [0, 0.05) is 16.7 Å². The smallest absolute Gasteiger partial charge is 0.0219 e. The van der Waals surface area contributed by atoms with Gasteiger partial charge in [0.15, 0.2) is 0 Å². The van der Waals surface area contributed by atoms with Crippen molar-refractivity contribution >= 4 is 22.6 Å². The number of benzene rings is 2. The highest BCUT2D eigenvalue weighted by atomic mass is 127. The summed E-state index contributed by atoms with van der Waals surface area (Å²) in [5.41, 5.74) is 4.06. The van der Waals surface area contributed by atoms with Crippen molar-refractivity contribution in [3.8, 4) is 0 Å². The van der Waals surface area contributed by atoms with Crippen LogP contribution < -0.4 is 5.32 Å². The van der Waals surface area contributed by atoms with Gasteiger partial charge in [0.1, 0.15) is 0 Å². The molecule has 0 aliphatic carbocycles. The average molecular weight is 337 g/mol. The molecule has 17 heavy (non-hydrogen) atoms. The van der Waals surface area contributed by atoms with Crippen molar-refractivity contribution in [2.24, 2.45) is 0 Å². The molecule has 0 bridgehead atoms. The summed E-state index contributed by atoms with van der Waals surface area (Å²) in [7, 11) is 0. The lowest BCUT2D eigenvalue weighted by molar-refractivity contribution is 0.691. The predicted molar refractivity (Wildman–Crippen MR) is 80.9 cm³/mol. The van der Waals surface area contributed by atoms with E-state index in [9.17, 15) is 0 Å². The Balaban J connectivity index is 1.93. The number of rotatable bonds is 4. The molecule has 0 aliphatic rings. The van der Waals surface area contributed by atoms with Gasteiger partial charge in [-0.05, 0) is 46.2 Å². The van der Waals surface area contributed by atoms with E-state index in [0.717, 1.165) is 13.1 Å². The molecule has 0 spiro atoms. The Morgan fingerprint density at radius 1 is 0.941 bits per heavy atom. The predicted octanol–water partition coefficient (Wildman–Crippen LogP) is 3.89. The molecule has 1 nitrogen and oxygen atoms in total. The van der Waals surface area contributed by atoms with Crippen molar-refractivity contribution in [2.45, 2.75) is 20.0 Å².